The summed E-state index contributed by atoms with van der Waals surface area (Å²) < 4.78 is 5.15. The van der Waals surface area contributed by atoms with E-state index in [0.29, 0.717) is 28.4 Å². The van der Waals surface area contributed by atoms with Gasteiger partial charge in [0.05, 0.1) is 16.3 Å². The summed E-state index contributed by atoms with van der Waals surface area (Å²) in [6.45, 7) is 0. The Morgan fingerprint density at radius 2 is 2.37 bits per heavy atom. The molecule has 1 aliphatic rings. The molecule has 6 nitrogen and oxygen atoms in total. The first-order chi connectivity index (χ1) is 9.22. The number of thioether (sulfide) groups is 1. The highest BCUT2D eigenvalue weighted by Crippen LogP contribution is 2.39. The molecule has 1 N–H and O–H groups in total. The minimum absolute atomic E-state index is 0.226. The zero-order valence-electron chi connectivity index (χ0n) is 9.94. The molecule has 1 saturated carbocycles. The SMILES string of the molecule is O=C(O)c1ccnc(SCc2noc(C3CC3)n2)c1. The van der Waals surface area contributed by atoms with Gasteiger partial charge in [0.1, 0.15) is 0 Å². The smallest absolute Gasteiger partial charge is 0.335 e. The van der Waals surface area contributed by atoms with E-state index in [1.165, 1.54) is 30.1 Å². The van der Waals surface area contributed by atoms with Crippen LogP contribution in [0.3, 0.4) is 0 Å². The molecule has 3 rings (SSSR count). The summed E-state index contributed by atoms with van der Waals surface area (Å²) in [5, 5.41) is 13.4. The number of carboxylic acid groups (broad SMARTS) is 1. The van der Waals surface area contributed by atoms with E-state index in [4.69, 9.17) is 9.63 Å². The summed E-state index contributed by atoms with van der Waals surface area (Å²) in [4.78, 5) is 19.2. The molecule has 1 fully saturated rings. The molecular formula is C12H11N3O3S. The van der Waals surface area contributed by atoms with Crippen LogP contribution in [0.2, 0.25) is 0 Å². The molecule has 1 aliphatic carbocycles. The molecular weight excluding hydrogens is 266 g/mol. The molecule has 2 aromatic heterocycles. The van der Waals surface area contributed by atoms with Gasteiger partial charge in [-0.25, -0.2) is 9.78 Å². The van der Waals surface area contributed by atoms with Crippen molar-refractivity contribution in [3.8, 4) is 0 Å². The standard InChI is InChI=1S/C12H11N3O3S/c16-12(17)8-3-4-13-10(5-8)19-6-9-14-11(18-15-9)7-1-2-7/h3-5,7H,1-2,6H2,(H,16,17). The molecule has 0 spiro atoms. The minimum atomic E-state index is -0.958. The lowest BCUT2D eigenvalue weighted by atomic mass is 10.3. The van der Waals surface area contributed by atoms with E-state index in [9.17, 15) is 4.79 Å². The van der Waals surface area contributed by atoms with Gasteiger partial charge < -0.3 is 9.63 Å². The van der Waals surface area contributed by atoms with Crippen LogP contribution in [0.15, 0.2) is 27.9 Å². The third-order valence-electron chi connectivity index (χ3n) is 2.74. The summed E-state index contributed by atoms with van der Waals surface area (Å²) in [6, 6.07) is 3.00. The van der Waals surface area contributed by atoms with E-state index in [1.54, 1.807) is 0 Å². The summed E-state index contributed by atoms with van der Waals surface area (Å²) in [5.74, 6) is 1.34. The van der Waals surface area contributed by atoms with Gasteiger partial charge in [0.25, 0.3) is 0 Å². The molecule has 0 radical (unpaired) electrons. The highest BCUT2D eigenvalue weighted by atomic mass is 32.2. The molecule has 0 aliphatic heterocycles. The van der Waals surface area contributed by atoms with E-state index < -0.39 is 5.97 Å². The van der Waals surface area contributed by atoms with E-state index in [1.807, 2.05) is 0 Å². The topological polar surface area (TPSA) is 89.1 Å². The molecule has 19 heavy (non-hydrogen) atoms. The molecule has 0 atom stereocenters. The van der Waals surface area contributed by atoms with Crippen LogP contribution >= 0.6 is 11.8 Å². The summed E-state index contributed by atoms with van der Waals surface area (Å²) in [7, 11) is 0. The Morgan fingerprint density at radius 1 is 1.53 bits per heavy atom. The van der Waals surface area contributed by atoms with E-state index in [-0.39, 0.29) is 5.56 Å². The zero-order chi connectivity index (χ0) is 13.2. The number of rotatable bonds is 5. The Kier molecular flexibility index (Phi) is 3.20. The van der Waals surface area contributed by atoms with Gasteiger partial charge in [-0.15, -0.1) is 0 Å². The Labute approximate surface area is 113 Å². The average Bonchev–Trinajstić information content (AvgIpc) is 3.16. The number of hydrogen-bond donors (Lipinski definition) is 1. The van der Waals surface area contributed by atoms with Crippen LogP contribution in [0.5, 0.6) is 0 Å². The molecule has 0 unspecified atom stereocenters. The first-order valence-electron chi connectivity index (χ1n) is 5.87. The Morgan fingerprint density at radius 3 is 3.11 bits per heavy atom. The summed E-state index contributed by atoms with van der Waals surface area (Å²) in [5.41, 5.74) is 0.226. The van der Waals surface area contributed by atoms with Gasteiger partial charge >= 0.3 is 5.97 Å². The molecule has 0 saturated heterocycles. The Bertz CT molecular complexity index is 610. The normalized spacial score (nSPS) is 14.5. The maximum absolute atomic E-state index is 10.8. The summed E-state index contributed by atoms with van der Waals surface area (Å²) in [6.07, 6.45) is 3.73. The Balaban J connectivity index is 1.64. The lowest BCUT2D eigenvalue weighted by Crippen LogP contribution is -1.97. The van der Waals surface area contributed by atoms with Gasteiger partial charge in [0.15, 0.2) is 5.82 Å². The summed E-state index contributed by atoms with van der Waals surface area (Å²) >= 11 is 1.39. The highest BCUT2D eigenvalue weighted by molar-refractivity contribution is 7.98. The lowest BCUT2D eigenvalue weighted by molar-refractivity contribution is 0.0696. The highest BCUT2D eigenvalue weighted by Gasteiger charge is 2.29. The molecule has 0 aromatic carbocycles. The second-order valence-corrected chi connectivity index (χ2v) is 5.30. The number of nitrogens with zero attached hydrogens (tertiary/aromatic N) is 3. The van der Waals surface area contributed by atoms with Gasteiger partial charge in [-0.3, -0.25) is 0 Å². The van der Waals surface area contributed by atoms with Gasteiger partial charge in [-0.1, -0.05) is 16.9 Å². The number of aromatic carboxylic acids is 1. The van der Waals surface area contributed by atoms with Crippen molar-refractivity contribution in [1.29, 1.82) is 0 Å². The third kappa shape index (κ3) is 2.93. The van der Waals surface area contributed by atoms with Gasteiger partial charge in [0.2, 0.25) is 5.89 Å². The van der Waals surface area contributed by atoms with Crippen molar-refractivity contribution in [3.63, 3.8) is 0 Å². The number of pyridine rings is 1. The van der Waals surface area contributed by atoms with Crippen LogP contribution in [-0.2, 0) is 5.75 Å². The number of aromatic nitrogens is 3. The van der Waals surface area contributed by atoms with Crippen molar-refractivity contribution in [1.82, 2.24) is 15.1 Å². The maximum Gasteiger partial charge on any atom is 0.335 e. The first-order valence-corrected chi connectivity index (χ1v) is 6.85. The molecule has 98 valence electrons. The van der Waals surface area contributed by atoms with Crippen LogP contribution in [-0.4, -0.2) is 26.2 Å². The number of hydrogen-bond acceptors (Lipinski definition) is 6. The fourth-order valence-electron chi connectivity index (χ4n) is 1.58. The third-order valence-corrected chi connectivity index (χ3v) is 3.66. The van der Waals surface area contributed by atoms with Crippen molar-refractivity contribution in [2.24, 2.45) is 0 Å². The Hall–Kier alpha value is -1.89. The molecule has 0 bridgehead atoms. The number of carboxylic acids is 1. The van der Waals surface area contributed by atoms with Crippen molar-refractivity contribution in [3.05, 3.63) is 35.6 Å². The van der Waals surface area contributed by atoms with Crippen LogP contribution in [0.25, 0.3) is 0 Å². The van der Waals surface area contributed by atoms with Crippen LogP contribution in [0.1, 0.15) is 40.8 Å². The van der Waals surface area contributed by atoms with Crippen LogP contribution in [0.4, 0.5) is 0 Å². The van der Waals surface area contributed by atoms with E-state index >= 15 is 0 Å². The maximum atomic E-state index is 10.8. The van der Waals surface area contributed by atoms with Crippen molar-refractivity contribution in [2.45, 2.75) is 29.5 Å². The fraction of sp³-hybridized carbons (Fsp3) is 0.333. The second-order valence-electron chi connectivity index (χ2n) is 4.30. The number of carbonyl (C=O) groups is 1. The van der Waals surface area contributed by atoms with Crippen LogP contribution < -0.4 is 0 Å². The second kappa shape index (κ2) is 5.00. The average molecular weight is 277 g/mol. The molecule has 2 aromatic rings. The minimum Gasteiger partial charge on any atom is -0.478 e. The van der Waals surface area contributed by atoms with Crippen LogP contribution in [0, 0.1) is 0 Å². The fourth-order valence-corrected chi connectivity index (χ4v) is 2.32. The van der Waals surface area contributed by atoms with Crippen molar-refractivity contribution < 1.29 is 14.4 Å². The van der Waals surface area contributed by atoms with Crippen molar-refractivity contribution >= 4 is 17.7 Å². The monoisotopic (exact) mass is 277 g/mol. The molecule has 7 heteroatoms. The van der Waals surface area contributed by atoms with E-state index in [0.717, 1.165) is 12.8 Å². The molecule has 0 amide bonds. The van der Waals surface area contributed by atoms with E-state index in [2.05, 4.69) is 15.1 Å². The van der Waals surface area contributed by atoms with Gasteiger partial charge in [-0.2, -0.15) is 4.98 Å². The zero-order valence-corrected chi connectivity index (χ0v) is 10.8. The largest absolute Gasteiger partial charge is 0.478 e. The first kappa shape index (κ1) is 12.2. The molecule has 2 heterocycles. The predicted molar refractivity (Wildman–Crippen MR) is 67.0 cm³/mol. The van der Waals surface area contributed by atoms with Gasteiger partial charge in [0, 0.05) is 12.1 Å². The van der Waals surface area contributed by atoms with Crippen molar-refractivity contribution in [2.75, 3.05) is 0 Å². The quantitative estimate of drug-likeness (QED) is 0.839. The lowest BCUT2D eigenvalue weighted by Gasteiger charge is -1.99. The predicted octanol–water partition coefficient (Wildman–Crippen LogP) is 2.33. The van der Waals surface area contributed by atoms with Gasteiger partial charge in [-0.05, 0) is 25.0 Å².